The van der Waals surface area contributed by atoms with Crippen LogP contribution in [0.2, 0.25) is 0 Å². The van der Waals surface area contributed by atoms with Gasteiger partial charge in [0.15, 0.2) is 0 Å². The molecule has 0 bridgehead atoms. The largest absolute Gasteiger partial charge is 0.446 e. The van der Waals surface area contributed by atoms with Gasteiger partial charge in [-0.3, -0.25) is 9.52 Å². The Morgan fingerprint density at radius 2 is 1.56 bits per heavy atom. The average Bonchev–Trinajstić information content (AvgIpc) is 2.46. The third kappa shape index (κ3) is 6.31. The maximum Gasteiger partial charge on any atom is 0.446 e. The van der Waals surface area contributed by atoms with E-state index in [2.05, 4.69) is 10.0 Å². The monoisotopic (exact) mass is 390 g/mol. The van der Waals surface area contributed by atoms with Crippen LogP contribution in [0.15, 0.2) is 53.4 Å². The molecule has 0 spiro atoms. The molecule has 0 saturated heterocycles. The number of thioether (sulfide) groups is 1. The quantitative estimate of drug-likeness (QED) is 0.759. The number of amides is 1. The predicted molar refractivity (Wildman–Crippen MR) is 91.2 cm³/mol. The predicted octanol–water partition coefficient (Wildman–Crippen LogP) is 3.92. The maximum atomic E-state index is 12.6. The number of rotatable bonds is 5. The second-order valence-corrected chi connectivity index (χ2v) is 7.80. The van der Waals surface area contributed by atoms with E-state index in [0.717, 1.165) is 6.26 Å². The minimum absolute atomic E-state index is 0.108. The van der Waals surface area contributed by atoms with Crippen molar-refractivity contribution in [2.45, 2.75) is 10.4 Å². The number of anilines is 2. The van der Waals surface area contributed by atoms with Crippen LogP contribution in [0.1, 0.15) is 10.4 Å². The zero-order chi connectivity index (χ0) is 18.7. The van der Waals surface area contributed by atoms with E-state index in [4.69, 9.17) is 0 Å². The van der Waals surface area contributed by atoms with Gasteiger partial charge in [0.25, 0.3) is 5.91 Å². The van der Waals surface area contributed by atoms with Crippen LogP contribution >= 0.6 is 11.8 Å². The number of carbonyl (C=O) groups is 1. The second-order valence-electron chi connectivity index (χ2n) is 4.95. The van der Waals surface area contributed by atoms with E-state index in [1.54, 1.807) is 0 Å². The van der Waals surface area contributed by atoms with Crippen LogP contribution in [0, 0.1) is 0 Å². The van der Waals surface area contributed by atoms with Crippen molar-refractivity contribution in [2.24, 2.45) is 0 Å². The molecular weight excluding hydrogens is 377 g/mol. The van der Waals surface area contributed by atoms with E-state index in [1.807, 2.05) is 0 Å². The summed E-state index contributed by atoms with van der Waals surface area (Å²) >= 11 is -0.362. The number of benzene rings is 2. The summed E-state index contributed by atoms with van der Waals surface area (Å²) in [5, 5.41) is 2.48. The van der Waals surface area contributed by atoms with Crippen LogP contribution in [0.5, 0.6) is 0 Å². The van der Waals surface area contributed by atoms with Gasteiger partial charge in [0.2, 0.25) is 10.0 Å². The molecule has 2 aromatic carbocycles. The molecule has 10 heteroatoms. The molecule has 5 nitrogen and oxygen atoms in total. The van der Waals surface area contributed by atoms with Gasteiger partial charge in [0.05, 0.1) is 11.8 Å². The molecule has 0 radical (unpaired) electrons. The van der Waals surface area contributed by atoms with Gasteiger partial charge in [-0.15, -0.1) is 0 Å². The minimum atomic E-state index is -4.50. The Kier molecular flexibility index (Phi) is 5.63. The fraction of sp³-hybridized carbons (Fsp3) is 0.133. The molecule has 0 heterocycles. The lowest BCUT2D eigenvalue weighted by molar-refractivity contribution is -0.0328. The van der Waals surface area contributed by atoms with Crippen LogP contribution in [0.25, 0.3) is 0 Å². The number of nitrogens with one attached hydrogen (secondary N) is 2. The number of halogens is 3. The van der Waals surface area contributed by atoms with Gasteiger partial charge in [0, 0.05) is 16.3 Å². The van der Waals surface area contributed by atoms with Crippen LogP contribution in [0.4, 0.5) is 24.5 Å². The molecule has 25 heavy (non-hydrogen) atoms. The van der Waals surface area contributed by atoms with Gasteiger partial charge < -0.3 is 5.32 Å². The van der Waals surface area contributed by atoms with Gasteiger partial charge in [-0.1, -0.05) is 12.1 Å². The Hall–Kier alpha value is -2.20. The molecule has 134 valence electrons. The lowest BCUT2D eigenvalue weighted by atomic mass is 10.2. The molecule has 2 N–H and O–H groups in total. The van der Waals surface area contributed by atoms with Gasteiger partial charge in [-0.25, -0.2) is 8.42 Å². The zero-order valence-electron chi connectivity index (χ0n) is 12.8. The molecule has 0 aliphatic carbocycles. The number of hydrogen-bond acceptors (Lipinski definition) is 4. The van der Waals surface area contributed by atoms with E-state index in [1.165, 1.54) is 48.5 Å². The number of hydrogen-bond donors (Lipinski definition) is 2. The lowest BCUT2D eigenvalue weighted by Crippen LogP contribution is -2.14. The average molecular weight is 390 g/mol. The Balaban J connectivity index is 2.15. The maximum absolute atomic E-state index is 12.6. The van der Waals surface area contributed by atoms with Crippen molar-refractivity contribution >= 4 is 39.1 Å². The first kappa shape index (κ1) is 19.1. The second kappa shape index (κ2) is 7.36. The fourth-order valence-corrected chi connectivity index (χ4v) is 3.13. The Bertz CT molecular complexity index is 866. The number of sulfonamides is 1. The summed E-state index contributed by atoms with van der Waals surface area (Å²) in [5.74, 6) is -0.698. The van der Waals surface area contributed by atoms with Gasteiger partial charge in [-0.2, -0.15) is 13.2 Å². The molecule has 0 aromatic heterocycles. The molecular formula is C15H13F3N2O3S2. The van der Waals surface area contributed by atoms with Gasteiger partial charge in [-0.05, 0) is 48.2 Å². The van der Waals surface area contributed by atoms with Crippen LogP contribution in [-0.4, -0.2) is 26.1 Å². The van der Waals surface area contributed by atoms with Crippen molar-refractivity contribution in [3.05, 3.63) is 54.1 Å². The van der Waals surface area contributed by atoms with Crippen molar-refractivity contribution in [1.29, 1.82) is 0 Å². The Labute approximate surface area is 146 Å². The SMILES string of the molecule is CS(=O)(=O)Nc1ccc(NC(=O)c2ccccc2SC(F)(F)F)cc1. The zero-order valence-corrected chi connectivity index (χ0v) is 14.4. The molecule has 2 rings (SSSR count). The molecule has 0 unspecified atom stereocenters. The smallest absolute Gasteiger partial charge is 0.322 e. The topological polar surface area (TPSA) is 75.3 Å². The first-order valence-corrected chi connectivity index (χ1v) is 9.48. The Morgan fingerprint density at radius 1 is 1.00 bits per heavy atom. The minimum Gasteiger partial charge on any atom is -0.322 e. The lowest BCUT2D eigenvalue weighted by Gasteiger charge is -2.12. The third-order valence-corrected chi connectivity index (χ3v) is 4.22. The normalized spacial score (nSPS) is 11.8. The van der Waals surface area contributed by atoms with E-state index in [9.17, 15) is 26.4 Å². The summed E-state index contributed by atoms with van der Waals surface area (Å²) in [6, 6.07) is 11.1. The summed E-state index contributed by atoms with van der Waals surface area (Å²) in [6.07, 6.45) is 0.998. The number of alkyl halides is 3. The summed E-state index contributed by atoms with van der Waals surface area (Å²) < 4.78 is 62.2. The van der Waals surface area contributed by atoms with Gasteiger partial charge >= 0.3 is 5.51 Å². The third-order valence-electron chi connectivity index (χ3n) is 2.80. The van der Waals surface area contributed by atoms with Crippen LogP contribution in [-0.2, 0) is 10.0 Å². The van der Waals surface area contributed by atoms with Crippen molar-refractivity contribution < 1.29 is 26.4 Å². The number of carbonyl (C=O) groups excluding carboxylic acids is 1. The van der Waals surface area contributed by atoms with Crippen molar-refractivity contribution in [3.63, 3.8) is 0 Å². The van der Waals surface area contributed by atoms with E-state index in [0.29, 0.717) is 11.4 Å². The van der Waals surface area contributed by atoms with Crippen LogP contribution < -0.4 is 10.0 Å². The highest BCUT2D eigenvalue weighted by Gasteiger charge is 2.31. The first-order valence-electron chi connectivity index (χ1n) is 6.77. The molecule has 0 atom stereocenters. The van der Waals surface area contributed by atoms with Crippen molar-refractivity contribution in [2.75, 3.05) is 16.3 Å². The van der Waals surface area contributed by atoms with E-state index < -0.39 is 21.4 Å². The van der Waals surface area contributed by atoms with Crippen molar-refractivity contribution in [1.82, 2.24) is 0 Å². The van der Waals surface area contributed by atoms with Gasteiger partial charge in [0.1, 0.15) is 0 Å². The summed E-state index contributed by atoms with van der Waals surface area (Å²) in [7, 11) is -3.43. The first-order chi connectivity index (χ1) is 11.5. The van der Waals surface area contributed by atoms with Crippen LogP contribution in [0.3, 0.4) is 0 Å². The van der Waals surface area contributed by atoms with Crippen molar-refractivity contribution in [3.8, 4) is 0 Å². The van der Waals surface area contributed by atoms with E-state index >= 15 is 0 Å². The molecule has 0 aliphatic rings. The standard InChI is InChI=1S/C15H13F3N2O3S2/c1-25(22,23)20-11-8-6-10(7-9-11)19-14(21)12-4-2-3-5-13(12)24-15(16,17)18/h2-9,20H,1H3,(H,19,21). The molecule has 0 fully saturated rings. The highest BCUT2D eigenvalue weighted by atomic mass is 32.2. The fourth-order valence-electron chi connectivity index (χ4n) is 1.90. The van der Waals surface area contributed by atoms with E-state index in [-0.39, 0.29) is 22.2 Å². The Morgan fingerprint density at radius 3 is 2.12 bits per heavy atom. The molecule has 0 saturated carbocycles. The molecule has 1 amide bonds. The molecule has 0 aliphatic heterocycles. The summed E-state index contributed by atoms with van der Waals surface area (Å²) in [4.78, 5) is 12.0. The highest BCUT2D eigenvalue weighted by Crippen LogP contribution is 2.38. The highest BCUT2D eigenvalue weighted by molar-refractivity contribution is 8.00. The summed E-state index contributed by atoms with van der Waals surface area (Å²) in [5.41, 5.74) is -4.00. The molecule has 2 aromatic rings. The summed E-state index contributed by atoms with van der Waals surface area (Å²) in [6.45, 7) is 0.